The standard InChI is InChI=1S/C13H19N3O.C8H12N2.C7H12NO.C4H2Cl2N2.K.Na.H2O/c1-2-11-3-4-13(15-14-11)17-12-9-16-7-5-10(12)6-8-16;1-3-7-5-6-8(4-2)10-9-7;9-7-5-8-3-1-6(7)2-4-8;5-3-1-2-4(6)8-7-3;;;/h3-4,10,12H,2,5-9H2,1H3;5-6H,3-4H2,1-2H3;6-7H,1-5H2;1-2H;;;1H2/q;;-1;;2*+1;/p-1/t12-;;7-;;;;/m0.0..../s1. The van der Waals surface area contributed by atoms with Gasteiger partial charge in [-0.25, -0.2) is 0 Å². The van der Waals surface area contributed by atoms with Crippen molar-refractivity contribution in [2.24, 2.45) is 11.8 Å². The van der Waals surface area contributed by atoms with Crippen LogP contribution in [0, 0.1) is 11.8 Å². The summed E-state index contributed by atoms with van der Waals surface area (Å²) in [5.74, 6) is 1.92. The van der Waals surface area contributed by atoms with Crippen molar-refractivity contribution in [1.82, 2.24) is 40.4 Å². The Hall–Kier alpha value is 0.0964. The molecule has 3 aromatic rings. The summed E-state index contributed by atoms with van der Waals surface area (Å²) in [5, 5.41) is 35.0. The second-order valence-corrected chi connectivity index (χ2v) is 12.4. The van der Waals surface area contributed by atoms with Crippen molar-refractivity contribution in [3.63, 3.8) is 0 Å². The minimum absolute atomic E-state index is 0. The van der Waals surface area contributed by atoms with Gasteiger partial charge in [0.05, 0.1) is 17.1 Å². The number of piperidine rings is 6. The molecule has 0 saturated carbocycles. The number of hydrogen-bond donors (Lipinski definition) is 0. The van der Waals surface area contributed by atoms with Gasteiger partial charge in [-0.1, -0.05) is 49.9 Å². The van der Waals surface area contributed by atoms with Crippen molar-refractivity contribution >= 4 is 23.2 Å². The van der Waals surface area contributed by atoms with Crippen LogP contribution in [0.5, 0.6) is 5.88 Å². The first-order valence-corrected chi connectivity index (χ1v) is 16.7. The Balaban J connectivity index is 0.000000322. The van der Waals surface area contributed by atoms with Gasteiger partial charge in [0.2, 0.25) is 5.88 Å². The Morgan fingerprint density at radius 2 is 1.09 bits per heavy atom. The molecule has 6 aliphatic rings. The molecule has 6 saturated heterocycles. The van der Waals surface area contributed by atoms with Gasteiger partial charge in [-0.05, 0) is 114 Å². The van der Waals surface area contributed by atoms with Crippen LogP contribution in [0.25, 0.3) is 0 Å². The first-order valence-electron chi connectivity index (χ1n) is 15.9. The smallest absolute Gasteiger partial charge is 0.870 e. The number of hydrogen-bond acceptors (Lipinski definition) is 11. The number of halogens is 2. The largest absolute Gasteiger partial charge is 1.00 e. The van der Waals surface area contributed by atoms with E-state index in [9.17, 15) is 5.11 Å². The van der Waals surface area contributed by atoms with Crippen LogP contribution in [0.2, 0.25) is 10.3 Å². The van der Waals surface area contributed by atoms with Crippen LogP contribution in [0.4, 0.5) is 0 Å². The summed E-state index contributed by atoms with van der Waals surface area (Å²) in [5.41, 5.74) is 3.15. The fraction of sp³-hybridized carbons (Fsp3) is 0.625. The van der Waals surface area contributed by atoms with Crippen LogP contribution < -0.4 is 90.8 Å². The maximum Gasteiger partial charge on any atom is 1.00 e. The summed E-state index contributed by atoms with van der Waals surface area (Å²) >= 11 is 10.8. The van der Waals surface area contributed by atoms with Crippen molar-refractivity contribution in [3.05, 3.63) is 63.8 Å². The van der Waals surface area contributed by atoms with E-state index in [1.165, 1.54) is 39.0 Å². The predicted octanol–water partition coefficient (Wildman–Crippen LogP) is -1.83. The summed E-state index contributed by atoms with van der Waals surface area (Å²) < 4.78 is 5.97. The number of aryl methyl sites for hydroxylation is 3. The van der Waals surface area contributed by atoms with E-state index >= 15 is 0 Å². The second kappa shape index (κ2) is 24.3. The number of nitrogens with zero attached hydrogens (tertiary/aromatic N) is 8. The van der Waals surface area contributed by atoms with Gasteiger partial charge in [-0.2, -0.15) is 15.3 Å². The Kier molecular flexibility index (Phi) is 23.3. The fourth-order valence-corrected chi connectivity index (χ4v) is 5.98. The van der Waals surface area contributed by atoms with Gasteiger partial charge in [0.1, 0.15) is 6.10 Å². The van der Waals surface area contributed by atoms with Crippen molar-refractivity contribution in [2.45, 2.75) is 77.9 Å². The topological polar surface area (TPSA) is 146 Å². The van der Waals surface area contributed by atoms with Crippen molar-refractivity contribution in [1.29, 1.82) is 0 Å². The first-order chi connectivity index (χ1) is 21.4. The van der Waals surface area contributed by atoms with E-state index in [2.05, 4.69) is 61.2 Å². The van der Waals surface area contributed by atoms with Crippen LogP contribution in [0.15, 0.2) is 36.4 Å². The van der Waals surface area contributed by atoms with Crippen molar-refractivity contribution < 1.29 is 96.3 Å². The average molecular weight is 724 g/mol. The zero-order chi connectivity index (χ0) is 31.3. The quantitative estimate of drug-likeness (QED) is 0.274. The molecule has 1 N–H and O–H groups in total. The predicted molar refractivity (Wildman–Crippen MR) is 173 cm³/mol. The van der Waals surface area contributed by atoms with Crippen LogP contribution in [0.1, 0.15) is 63.5 Å². The second-order valence-electron chi connectivity index (χ2n) is 11.6. The molecule has 2 atom stereocenters. The number of aromatic nitrogens is 6. The number of ether oxygens (including phenoxy) is 1. The third kappa shape index (κ3) is 15.5. The van der Waals surface area contributed by atoms with E-state index in [0.717, 1.165) is 62.3 Å². The third-order valence-corrected chi connectivity index (χ3v) is 9.02. The Labute approximate surface area is 354 Å². The van der Waals surface area contributed by atoms with Crippen molar-refractivity contribution in [2.75, 3.05) is 39.3 Å². The Bertz CT molecular complexity index is 1190. The molecule has 0 spiro atoms. The van der Waals surface area contributed by atoms with Gasteiger partial charge < -0.3 is 20.2 Å². The molecule has 9 heterocycles. The molecule has 9 rings (SSSR count). The molecule has 6 aliphatic heterocycles. The monoisotopic (exact) mass is 722 g/mol. The van der Waals surface area contributed by atoms with E-state index in [1.54, 1.807) is 12.1 Å². The number of fused-ring (bicyclic) bond motifs is 6. The van der Waals surface area contributed by atoms with E-state index in [4.69, 9.17) is 27.9 Å². The maximum absolute atomic E-state index is 11.1. The maximum atomic E-state index is 11.1. The summed E-state index contributed by atoms with van der Waals surface area (Å²) in [6.07, 6.45) is 7.78. The molecule has 0 aromatic carbocycles. The molecule has 0 aliphatic carbocycles. The molecule has 0 radical (unpaired) electrons. The molecular formula is C32H46Cl2KN8NaO3. The normalized spacial score (nSPS) is 24.6. The van der Waals surface area contributed by atoms with Gasteiger partial charge >= 0.3 is 80.9 Å². The zero-order valence-corrected chi connectivity index (χ0v) is 35.2. The van der Waals surface area contributed by atoms with E-state index in [1.807, 2.05) is 24.3 Å². The van der Waals surface area contributed by atoms with Crippen LogP contribution in [-0.2, 0) is 19.3 Å². The van der Waals surface area contributed by atoms with E-state index in [-0.39, 0.29) is 92.5 Å². The molecule has 47 heavy (non-hydrogen) atoms. The third-order valence-electron chi connectivity index (χ3n) is 8.62. The Morgan fingerprint density at radius 3 is 1.36 bits per heavy atom. The zero-order valence-electron chi connectivity index (χ0n) is 28.6. The summed E-state index contributed by atoms with van der Waals surface area (Å²) in [6.45, 7) is 13.0. The van der Waals surface area contributed by atoms with E-state index in [0.29, 0.717) is 34.1 Å². The fourth-order valence-electron chi connectivity index (χ4n) is 5.77. The minimum Gasteiger partial charge on any atom is -0.870 e. The molecule has 248 valence electrons. The molecule has 6 fully saturated rings. The van der Waals surface area contributed by atoms with Gasteiger partial charge in [-0.15, -0.1) is 21.4 Å². The molecule has 0 unspecified atom stereocenters. The van der Waals surface area contributed by atoms with Crippen molar-refractivity contribution in [3.8, 4) is 5.88 Å². The van der Waals surface area contributed by atoms with Gasteiger partial charge in [0.15, 0.2) is 10.3 Å². The molecule has 3 aromatic heterocycles. The van der Waals surface area contributed by atoms with Gasteiger partial charge in [0, 0.05) is 12.6 Å². The summed E-state index contributed by atoms with van der Waals surface area (Å²) in [7, 11) is 0. The van der Waals surface area contributed by atoms with E-state index < -0.39 is 0 Å². The van der Waals surface area contributed by atoms with Gasteiger partial charge in [0.25, 0.3) is 0 Å². The SMILES string of the molecule is CCc1ccc(CC)nn1.CCc1ccc(O[C@H]2CN3CCC2CC3)nn1.Clc1ccc(Cl)nn1.[K+].[Na+].[O-][C@H]1CN2CCC1CC2.[OH-]. The molecule has 15 heteroatoms. The van der Waals surface area contributed by atoms with Crippen LogP contribution in [0.3, 0.4) is 0 Å². The molecular weight excluding hydrogens is 677 g/mol. The van der Waals surface area contributed by atoms with Gasteiger partial charge in [-0.3, -0.25) is 4.90 Å². The summed E-state index contributed by atoms with van der Waals surface area (Å²) in [4.78, 5) is 4.77. The van der Waals surface area contributed by atoms with Crippen LogP contribution >= 0.6 is 23.2 Å². The minimum atomic E-state index is -0.257. The number of rotatable bonds is 5. The Morgan fingerprint density at radius 1 is 0.660 bits per heavy atom. The molecule has 4 bridgehead atoms. The van der Waals surface area contributed by atoms with Crippen LogP contribution in [-0.4, -0.2) is 97.3 Å². The summed E-state index contributed by atoms with van der Waals surface area (Å²) in [6, 6.07) is 11.2. The first kappa shape index (κ1) is 45.1. The molecule has 0 amide bonds. The molecule has 11 nitrogen and oxygen atoms in total. The average Bonchev–Trinajstić information content (AvgIpc) is 3.08.